The molecule has 192 valence electrons. The Morgan fingerprint density at radius 2 is 1.78 bits per heavy atom. The quantitative estimate of drug-likeness (QED) is 0.399. The molecule has 1 amide bonds. The number of nitrogens with zero attached hydrogens (tertiary/aromatic N) is 5. The molecule has 0 radical (unpaired) electrons. The van der Waals surface area contributed by atoms with E-state index in [-0.39, 0.29) is 22.7 Å². The second-order valence-electron chi connectivity index (χ2n) is 8.83. The van der Waals surface area contributed by atoms with Crippen molar-refractivity contribution in [1.29, 1.82) is 0 Å². The van der Waals surface area contributed by atoms with Gasteiger partial charge in [0.05, 0.1) is 12.0 Å². The third-order valence-corrected chi connectivity index (χ3v) is 8.00. The number of fused-ring (bicyclic) bond motifs is 1. The normalized spacial score (nSPS) is 15.0. The van der Waals surface area contributed by atoms with E-state index in [0.29, 0.717) is 26.2 Å². The van der Waals surface area contributed by atoms with Crippen molar-refractivity contribution >= 4 is 38.3 Å². The van der Waals surface area contributed by atoms with Crippen molar-refractivity contribution in [2.75, 3.05) is 42.9 Å². The summed E-state index contributed by atoms with van der Waals surface area (Å²) in [5, 5.41) is 1.03. The SMILES string of the molecule is COc1ccc2c(ccn2C(C)C(=O)N2CCN(c3ccc(S(=O)(=O)Nc4ccncn4)cc3)CC2)c1. The molecule has 1 fully saturated rings. The molecule has 1 N–H and O–H groups in total. The second kappa shape index (κ2) is 10.1. The van der Waals surface area contributed by atoms with E-state index in [4.69, 9.17) is 4.74 Å². The number of anilines is 2. The van der Waals surface area contributed by atoms with Crippen LogP contribution in [-0.2, 0) is 14.8 Å². The van der Waals surface area contributed by atoms with E-state index in [0.717, 1.165) is 22.3 Å². The highest BCUT2D eigenvalue weighted by molar-refractivity contribution is 7.92. The van der Waals surface area contributed by atoms with Gasteiger partial charge in [-0.2, -0.15) is 0 Å². The minimum Gasteiger partial charge on any atom is -0.497 e. The zero-order valence-electron chi connectivity index (χ0n) is 20.6. The van der Waals surface area contributed by atoms with Gasteiger partial charge in [0.2, 0.25) is 5.91 Å². The Morgan fingerprint density at radius 3 is 2.46 bits per heavy atom. The molecule has 3 heterocycles. The van der Waals surface area contributed by atoms with Gasteiger partial charge < -0.3 is 19.1 Å². The van der Waals surface area contributed by atoms with E-state index < -0.39 is 10.0 Å². The van der Waals surface area contributed by atoms with Crippen LogP contribution in [0.1, 0.15) is 13.0 Å². The number of aromatic nitrogens is 3. The maximum absolute atomic E-state index is 13.3. The van der Waals surface area contributed by atoms with Gasteiger partial charge in [0.1, 0.15) is 23.9 Å². The summed E-state index contributed by atoms with van der Waals surface area (Å²) >= 11 is 0. The van der Waals surface area contributed by atoms with E-state index in [1.807, 2.05) is 46.9 Å². The van der Waals surface area contributed by atoms with Crippen LogP contribution in [0, 0.1) is 0 Å². The van der Waals surface area contributed by atoms with Gasteiger partial charge in [0.15, 0.2) is 0 Å². The first-order chi connectivity index (χ1) is 17.9. The standard InChI is InChI=1S/C26H28N6O4S/c1-19(32-12-10-20-17-22(36-2)5-8-24(20)32)26(33)31-15-13-30(14-16-31)21-3-6-23(7-4-21)37(34,35)29-25-9-11-27-18-28-25/h3-12,17-19H,13-16H2,1-2H3,(H,27,28,29). The molecule has 0 saturated carbocycles. The van der Waals surface area contributed by atoms with Crippen LogP contribution in [0.3, 0.4) is 0 Å². The topological polar surface area (TPSA) is 110 Å². The van der Waals surface area contributed by atoms with Crippen LogP contribution in [0.25, 0.3) is 10.9 Å². The van der Waals surface area contributed by atoms with Crippen molar-refractivity contribution in [3.63, 3.8) is 0 Å². The van der Waals surface area contributed by atoms with Crippen molar-refractivity contribution in [3.05, 3.63) is 73.3 Å². The monoisotopic (exact) mass is 520 g/mol. The predicted octanol–water partition coefficient (Wildman–Crippen LogP) is 3.15. The fourth-order valence-electron chi connectivity index (χ4n) is 4.56. The van der Waals surface area contributed by atoms with Crippen LogP contribution in [0.5, 0.6) is 5.75 Å². The number of ether oxygens (including phenoxy) is 1. The molecule has 5 rings (SSSR count). The molecule has 4 aromatic rings. The number of rotatable bonds is 7. The molecule has 1 aliphatic heterocycles. The highest BCUT2D eigenvalue weighted by atomic mass is 32.2. The third kappa shape index (κ3) is 5.08. The van der Waals surface area contributed by atoms with Gasteiger partial charge in [-0.05, 0) is 61.5 Å². The Bertz CT molecular complexity index is 1500. The molecule has 1 saturated heterocycles. The molecule has 0 spiro atoms. The lowest BCUT2D eigenvalue weighted by atomic mass is 10.2. The fraction of sp³-hybridized carbons (Fsp3) is 0.269. The lowest BCUT2D eigenvalue weighted by Crippen LogP contribution is -2.50. The summed E-state index contributed by atoms with van der Waals surface area (Å²) < 4.78 is 35.0. The molecular weight excluding hydrogens is 492 g/mol. The second-order valence-corrected chi connectivity index (χ2v) is 10.5. The van der Waals surface area contributed by atoms with E-state index >= 15 is 0 Å². The number of methoxy groups -OCH3 is 1. The number of hydrogen-bond donors (Lipinski definition) is 1. The summed E-state index contributed by atoms with van der Waals surface area (Å²) in [6.07, 6.45) is 4.69. The fourth-order valence-corrected chi connectivity index (χ4v) is 5.57. The van der Waals surface area contributed by atoms with Crippen LogP contribution in [0.2, 0.25) is 0 Å². The smallest absolute Gasteiger partial charge is 0.263 e. The van der Waals surface area contributed by atoms with E-state index in [1.165, 1.54) is 18.6 Å². The zero-order chi connectivity index (χ0) is 26.0. The predicted molar refractivity (Wildman–Crippen MR) is 141 cm³/mol. The average molecular weight is 521 g/mol. The Kier molecular flexibility index (Phi) is 6.70. The molecule has 10 nitrogen and oxygen atoms in total. The number of piperazine rings is 1. The number of benzene rings is 2. The van der Waals surface area contributed by atoms with E-state index in [1.54, 1.807) is 31.4 Å². The molecule has 2 aromatic carbocycles. The maximum atomic E-state index is 13.3. The maximum Gasteiger partial charge on any atom is 0.263 e. The molecule has 0 bridgehead atoms. The average Bonchev–Trinajstić information content (AvgIpc) is 3.36. The number of carbonyl (C=O) groups is 1. The van der Waals surface area contributed by atoms with Crippen molar-refractivity contribution in [2.45, 2.75) is 17.9 Å². The Hall–Kier alpha value is -4.12. The van der Waals surface area contributed by atoms with Crippen molar-refractivity contribution in [1.82, 2.24) is 19.4 Å². The zero-order valence-corrected chi connectivity index (χ0v) is 21.4. The number of nitrogens with one attached hydrogen (secondary N) is 1. The van der Waals surface area contributed by atoms with Gasteiger partial charge in [-0.1, -0.05) is 0 Å². The number of hydrogen-bond acceptors (Lipinski definition) is 7. The molecule has 1 unspecified atom stereocenters. The first-order valence-corrected chi connectivity index (χ1v) is 13.4. The summed E-state index contributed by atoms with van der Waals surface area (Å²) in [7, 11) is -2.11. The first-order valence-electron chi connectivity index (χ1n) is 11.9. The van der Waals surface area contributed by atoms with Gasteiger partial charge >= 0.3 is 0 Å². The molecule has 0 aliphatic carbocycles. The molecule has 1 atom stereocenters. The summed E-state index contributed by atoms with van der Waals surface area (Å²) in [4.78, 5) is 25.2. The van der Waals surface area contributed by atoms with Crippen LogP contribution in [-0.4, -0.2) is 67.0 Å². The van der Waals surface area contributed by atoms with Crippen molar-refractivity contribution in [3.8, 4) is 5.75 Å². The van der Waals surface area contributed by atoms with Gasteiger partial charge in [-0.25, -0.2) is 18.4 Å². The lowest BCUT2D eigenvalue weighted by Gasteiger charge is -2.37. The van der Waals surface area contributed by atoms with Crippen LogP contribution in [0.4, 0.5) is 11.5 Å². The first kappa shape index (κ1) is 24.6. The minimum atomic E-state index is -3.75. The highest BCUT2D eigenvalue weighted by Crippen LogP contribution is 2.26. The van der Waals surface area contributed by atoms with E-state index in [2.05, 4.69) is 19.6 Å². The van der Waals surface area contributed by atoms with Crippen LogP contribution >= 0.6 is 0 Å². The molecular formula is C26H28N6O4S. The summed E-state index contributed by atoms with van der Waals surface area (Å²) in [5.41, 5.74) is 1.90. The van der Waals surface area contributed by atoms with Crippen molar-refractivity contribution < 1.29 is 17.9 Å². The Labute approximate surface area is 215 Å². The molecule has 2 aromatic heterocycles. The van der Waals surface area contributed by atoms with Crippen LogP contribution in [0.15, 0.2) is 78.2 Å². The lowest BCUT2D eigenvalue weighted by molar-refractivity contribution is -0.134. The summed E-state index contributed by atoms with van der Waals surface area (Å²) in [6.45, 7) is 4.42. The third-order valence-electron chi connectivity index (χ3n) is 6.63. The van der Waals surface area contributed by atoms with Gasteiger partial charge in [-0.15, -0.1) is 0 Å². The molecule has 11 heteroatoms. The Morgan fingerprint density at radius 1 is 1.03 bits per heavy atom. The highest BCUT2D eigenvalue weighted by Gasteiger charge is 2.27. The molecule has 1 aliphatic rings. The van der Waals surface area contributed by atoms with Gasteiger partial charge in [-0.3, -0.25) is 9.52 Å². The molecule has 37 heavy (non-hydrogen) atoms. The number of carbonyl (C=O) groups excluding carboxylic acids is 1. The van der Waals surface area contributed by atoms with Crippen molar-refractivity contribution in [2.24, 2.45) is 0 Å². The Balaban J connectivity index is 1.21. The van der Waals surface area contributed by atoms with Gasteiger partial charge in [0.25, 0.3) is 10.0 Å². The summed E-state index contributed by atoms with van der Waals surface area (Å²) in [5.74, 6) is 1.07. The van der Waals surface area contributed by atoms with Crippen LogP contribution < -0.4 is 14.4 Å². The number of amides is 1. The number of sulfonamides is 1. The van der Waals surface area contributed by atoms with E-state index in [9.17, 15) is 13.2 Å². The summed E-state index contributed by atoms with van der Waals surface area (Å²) in [6, 6.07) is 15.7. The van der Waals surface area contributed by atoms with Gasteiger partial charge in [0, 0.05) is 55.2 Å². The minimum absolute atomic E-state index is 0.0743. The largest absolute Gasteiger partial charge is 0.497 e.